The maximum atomic E-state index is 12.3. The number of rotatable bonds is 0. The highest BCUT2D eigenvalue weighted by Gasteiger charge is 2.62. The van der Waals surface area contributed by atoms with Crippen LogP contribution in [0.25, 0.3) is 0 Å². The zero-order chi connectivity index (χ0) is 17.3. The summed E-state index contributed by atoms with van der Waals surface area (Å²) in [7, 11) is 2.02. The van der Waals surface area contributed by atoms with Crippen molar-refractivity contribution in [2.45, 2.75) is 71.8 Å². The van der Waals surface area contributed by atoms with Crippen molar-refractivity contribution in [1.82, 2.24) is 4.90 Å². The number of likely N-dealkylation sites (tertiary alicyclic amines) is 1. The van der Waals surface area contributed by atoms with Crippen LogP contribution in [-0.2, 0) is 4.79 Å². The van der Waals surface area contributed by atoms with E-state index in [0.29, 0.717) is 42.0 Å². The van der Waals surface area contributed by atoms with Gasteiger partial charge in [-0.15, -0.1) is 0 Å². The molecule has 24 heavy (non-hydrogen) atoms. The van der Waals surface area contributed by atoms with Crippen LogP contribution >= 0.6 is 0 Å². The Morgan fingerprint density at radius 2 is 1.92 bits per heavy atom. The predicted octanol–water partition coefficient (Wildman–Crippen LogP) is 3.93. The molecule has 0 spiro atoms. The number of fused-ring (bicyclic) bond motifs is 5. The molecule has 1 N–H and O–H groups in total. The summed E-state index contributed by atoms with van der Waals surface area (Å²) in [6.45, 7) is 7.21. The molecule has 4 nitrogen and oxygen atoms in total. The Bertz CT molecular complexity index is 588. The van der Waals surface area contributed by atoms with E-state index in [2.05, 4.69) is 30.8 Å². The van der Waals surface area contributed by atoms with Crippen LogP contribution in [0.5, 0.6) is 0 Å². The number of carbonyl (C=O) groups is 1. The molecule has 3 saturated carbocycles. The third-order valence-electron chi connectivity index (χ3n) is 8.79. The molecule has 0 aromatic rings. The van der Waals surface area contributed by atoms with Crippen LogP contribution in [0.15, 0.2) is 5.16 Å². The second kappa shape index (κ2) is 5.22. The molecule has 7 atom stereocenters. The van der Waals surface area contributed by atoms with Gasteiger partial charge >= 0.3 is 0 Å². The molecular weight excluding hydrogens is 300 g/mol. The van der Waals surface area contributed by atoms with Crippen LogP contribution in [0.2, 0.25) is 0 Å². The predicted molar refractivity (Wildman–Crippen MR) is 93.9 cm³/mol. The van der Waals surface area contributed by atoms with E-state index in [1.54, 1.807) is 0 Å². The zero-order valence-electron chi connectivity index (χ0n) is 15.6. The molecule has 1 saturated heterocycles. The van der Waals surface area contributed by atoms with Crippen LogP contribution in [0, 0.1) is 34.5 Å². The lowest BCUT2D eigenvalue weighted by Gasteiger charge is -2.63. The molecule has 4 fully saturated rings. The van der Waals surface area contributed by atoms with Crippen molar-refractivity contribution in [3.63, 3.8) is 0 Å². The van der Waals surface area contributed by atoms with Gasteiger partial charge in [-0.2, -0.15) is 0 Å². The Balaban J connectivity index is 1.71. The summed E-state index contributed by atoms with van der Waals surface area (Å²) in [6, 6.07) is 0.409. The van der Waals surface area contributed by atoms with Gasteiger partial charge in [-0.05, 0) is 67.6 Å². The molecule has 4 rings (SSSR count). The van der Waals surface area contributed by atoms with Crippen LogP contribution in [0.1, 0.15) is 65.7 Å². The Labute approximate surface area is 145 Å². The maximum absolute atomic E-state index is 12.3. The molecule has 0 aromatic heterocycles. The van der Waals surface area contributed by atoms with Gasteiger partial charge in [-0.1, -0.05) is 25.9 Å². The summed E-state index contributed by atoms with van der Waals surface area (Å²) in [6.07, 6.45) is 7.41. The highest BCUT2D eigenvalue weighted by Crippen LogP contribution is 2.65. The minimum absolute atomic E-state index is 0.101. The quantitative estimate of drug-likeness (QED) is 0.540. The average molecular weight is 332 g/mol. The molecule has 4 heteroatoms. The van der Waals surface area contributed by atoms with Gasteiger partial charge in [0.05, 0.1) is 5.71 Å². The number of hydrogen-bond acceptors (Lipinski definition) is 3. The summed E-state index contributed by atoms with van der Waals surface area (Å²) in [4.78, 5) is 14.3. The highest BCUT2D eigenvalue weighted by molar-refractivity contribution is 5.92. The third kappa shape index (κ3) is 1.91. The molecule has 0 unspecified atom stereocenters. The van der Waals surface area contributed by atoms with Crippen molar-refractivity contribution >= 4 is 11.6 Å². The van der Waals surface area contributed by atoms with Crippen LogP contribution < -0.4 is 0 Å². The van der Waals surface area contributed by atoms with Gasteiger partial charge in [0.15, 0.2) is 0 Å². The van der Waals surface area contributed by atoms with E-state index >= 15 is 0 Å². The summed E-state index contributed by atoms with van der Waals surface area (Å²) in [5, 5.41) is 13.2. The summed E-state index contributed by atoms with van der Waals surface area (Å²) in [5.74, 6) is 3.05. The lowest BCUT2D eigenvalue weighted by atomic mass is 9.45. The van der Waals surface area contributed by atoms with Crippen LogP contribution in [0.4, 0.5) is 0 Å². The molecule has 1 heterocycles. The van der Waals surface area contributed by atoms with E-state index in [0.717, 1.165) is 31.4 Å². The molecule has 1 aliphatic heterocycles. The normalized spacial score (nSPS) is 52.8. The lowest BCUT2D eigenvalue weighted by Crippen LogP contribution is -2.63. The van der Waals surface area contributed by atoms with Gasteiger partial charge < -0.3 is 10.1 Å². The van der Waals surface area contributed by atoms with Gasteiger partial charge in [0.25, 0.3) is 0 Å². The van der Waals surface area contributed by atoms with Crippen LogP contribution in [0.3, 0.4) is 0 Å². The monoisotopic (exact) mass is 332 g/mol. The Morgan fingerprint density at radius 3 is 2.62 bits per heavy atom. The van der Waals surface area contributed by atoms with E-state index in [4.69, 9.17) is 0 Å². The van der Waals surface area contributed by atoms with Gasteiger partial charge in [-0.3, -0.25) is 4.79 Å². The topological polar surface area (TPSA) is 52.9 Å². The van der Waals surface area contributed by atoms with Gasteiger partial charge in [0, 0.05) is 24.9 Å². The largest absolute Gasteiger partial charge is 0.411 e. The van der Waals surface area contributed by atoms with Crippen molar-refractivity contribution < 1.29 is 10.0 Å². The number of oxime groups is 1. The second-order valence-electron chi connectivity index (χ2n) is 9.57. The van der Waals surface area contributed by atoms with Crippen LogP contribution in [-0.4, -0.2) is 34.8 Å². The Kier molecular flexibility index (Phi) is 3.57. The molecule has 1 amide bonds. The number of hydrogen-bond donors (Lipinski definition) is 1. The van der Waals surface area contributed by atoms with E-state index in [1.807, 2.05) is 7.05 Å². The standard InChI is InChI=1S/C20H32N2O2/c1-12-11-16-20(3,10-8-17(23)22(16)4)14-7-9-19(2)13(18(12)14)5-6-15(19)21-24/h12-14,16,18,24H,5-11H2,1-4H3/b21-15-/t12-,13-,14-,16+,18-,19-,20+/m0/s1. The van der Waals surface area contributed by atoms with Gasteiger partial charge in [0.2, 0.25) is 5.91 Å². The summed E-state index contributed by atoms with van der Waals surface area (Å²) in [5.41, 5.74) is 1.41. The first-order chi connectivity index (χ1) is 11.3. The van der Waals surface area contributed by atoms with Crippen molar-refractivity contribution in [2.24, 2.45) is 39.7 Å². The van der Waals surface area contributed by atoms with E-state index < -0.39 is 0 Å². The van der Waals surface area contributed by atoms with E-state index in [1.165, 1.54) is 12.8 Å². The number of carbonyl (C=O) groups excluding carboxylic acids is 1. The Morgan fingerprint density at radius 1 is 1.17 bits per heavy atom. The molecular formula is C20H32N2O2. The van der Waals surface area contributed by atoms with Crippen molar-refractivity contribution in [2.75, 3.05) is 7.05 Å². The fourth-order valence-electron chi connectivity index (χ4n) is 7.42. The molecule has 134 valence electrons. The lowest BCUT2D eigenvalue weighted by molar-refractivity contribution is -0.162. The van der Waals surface area contributed by atoms with Gasteiger partial charge in [-0.25, -0.2) is 0 Å². The van der Waals surface area contributed by atoms with E-state index in [-0.39, 0.29) is 10.8 Å². The first-order valence-corrected chi connectivity index (χ1v) is 9.80. The van der Waals surface area contributed by atoms with Crippen molar-refractivity contribution in [3.8, 4) is 0 Å². The molecule has 4 aliphatic rings. The smallest absolute Gasteiger partial charge is 0.222 e. The number of nitrogens with zero attached hydrogens (tertiary/aromatic N) is 2. The average Bonchev–Trinajstić information content (AvgIpc) is 2.90. The first-order valence-electron chi connectivity index (χ1n) is 9.80. The molecule has 3 aliphatic carbocycles. The molecule has 0 aromatic carbocycles. The maximum Gasteiger partial charge on any atom is 0.222 e. The molecule has 0 radical (unpaired) electrons. The molecule has 0 bridgehead atoms. The van der Waals surface area contributed by atoms with Crippen molar-refractivity contribution in [1.29, 1.82) is 0 Å². The summed E-state index contributed by atoms with van der Waals surface area (Å²) < 4.78 is 0. The fourth-order valence-corrected chi connectivity index (χ4v) is 7.42. The van der Waals surface area contributed by atoms with E-state index in [9.17, 15) is 10.0 Å². The highest BCUT2D eigenvalue weighted by atomic mass is 16.4. The number of amides is 1. The minimum Gasteiger partial charge on any atom is -0.411 e. The minimum atomic E-state index is 0.101. The summed E-state index contributed by atoms with van der Waals surface area (Å²) >= 11 is 0. The van der Waals surface area contributed by atoms with Crippen molar-refractivity contribution in [3.05, 3.63) is 0 Å². The SMILES string of the molecule is C[C@H]1C[C@H]2N(C)C(=O)CC[C@]2(C)[C@H]2CC[C@]3(C)/C(=N\O)CC[C@H]3[C@H]12. The van der Waals surface area contributed by atoms with Gasteiger partial charge in [0.1, 0.15) is 0 Å². The Hall–Kier alpha value is -1.06. The second-order valence-corrected chi connectivity index (χ2v) is 9.57. The third-order valence-corrected chi connectivity index (χ3v) is 8.79. The number of piperidine rings is 1. The first kappa shape index (κ1) is 16.4. The fraction of sp³-hybridized carbons (Fsp3) is 0.900. The zero-order valence-corrected chi connectivity index (χ0v) is 15.6.